The van der Waals surface area contributed by atoms with Gasteiger partial charge in [0.2, 0.25) is 11.9 Å². The fourth-order valence-corrected chi connectivity index (χ4v) is 6.48. The second-order valence-electron chi connectivity index (χ2n) is 12.4. The number of halogens is 1. The topological polar surface area (TPSA) is 164 Å². The number of rotatable bonds is 10. The van der Waals surface area contributed by atoms with Crippen LogP contribution in [0.1, 0.15) is 42.7 Å². The smallest absolute Gasteiger partial charge is 0.257 e. The molecule has 6 rings (SSSR count). The average Bonchev–Trinajstić information content (AvgIpc) is 3.09. The third kappa shape index (κ3) is 7.59. The zero-order chi connectivity index (χ0) is 33.8. The maximum absolute atomic E-state index is 12.4. The highest BCUT2D eigenvalue weighted by molar-refractivity contribution is 6.32. The Hall–Kier alpha value is -4.59. The van der Waals surface area contributed by atoms with Crippen molar-refractivity contribution in [2.45, 2.75) is 44.1 Å². The predicted molar refractivity (Wildman–Crippen MR) is 185 cm³/mol. The summed E-state index contributed by atoms with van der Waals surface area (Å²) in [6, 6.07) is 13.6. The number of carbonyl (C=O) groups excluding carboxylic acids is 2. The van der Waals surface area contributed by atoms with Crippen LogP contribution in [0.25, 0.3) is 6.08 Å². The molecule has 4 atom stereocenters. The third-order valence-corrected chi connectivity index (χ3v) is 9.29. The summed E-state index contributed by atoms with van der Waals surface area (Å²) in [7, 11) is 3.28. The number of anilines is 5. The van der Waals surface area contributed by atoms with Crippen molar-refractivity contribution in [3.05, 3.63) is 70.6 Å². The maximum Gasteiger partial charge on any atom is 0.257 e. The Kier molecular flexibility index (Phi) is 10.2. The van der Waals surface area contributed by atoms with Gasteiger partial charge in [-0.15, -0.1) is 0 Å². The first-order chi connectivity index (χ1) is 23.2. The van der Waals surface area contributed by atoms with Gasteiger partial charge in [-0.3, -0.25) is 9.59 Å². The van der Waals surface area contributed by atoms with E-state index in [1.807, 2.05) is 42.5 Å². The molecule has 2 saturated heterocycles. The van der Waals surface area contributed by atoms with Crippen LogP contribution >= 0.6 is 11.6 Å². The number of hydrogen-bond acceptors (Lipinski definition) is 11. The maximum atomic E-state index is 12.4. The highest BCUT2D eigenvalue weighted by Gasteiger charge is 2.29. The van der Waals surface area contributed by atoms with E-state index < -0.39 is 12.5 Å². The standard InChI is InChI=1S/C34H41ClN8O5/c1-36-30(45)19-48-28-15-22-14-24(8-10-27(22)42(2)33(28)47)39-31-26(35)17-38-34(41-31)43-12-4-5-20(18-43)16-37-23-7-3-6-21(13-23)25-9-11-29(44)40-32(25)46/h3,6-8,10,13-15,17,20,25,29,33,37,44,47H,4-5,9,11-12,16,18-19H2,1-2H3,(H,36,45)(H,40,46)(H,38,39,41)/t20-,25?,29?,33?/m1/s1. The number of aliphatic hydroxyl groups is 2. The van der Waals surface area contributed by atoms with E-state index in [0.717, 1.165) is 60.7 Å². The molecule has 0 saturated carbocycles. The van der Waals surface area contributed by atoms with Crippen molar-refractivity contribution in [3.63, 3.8) is 0 Å². The zero-order valence-electron chi connectivity index (χ0n) is 26.9. The fourth-order valence-electron chi connectivity index (χ4n) is 6.34. The van der Waals surface area contributed by atoms with E-state index in [0.29, 0.717) is 35.5 Å². The SMILES string of the molecule is CNC(=O)COC1=Cc2cc(Nc3nc(N4CCC[C@H](CNc5cccc(C6CCC(O)NC6=O)c5)C4)ncc3Cl)ccc2N(C)C1O. The van der Waals surface area contributed by atoms with Crippen LogP contribution in [0.15, 0.2) is 54.4 Å². The molecular formula is C34H41ClN8O5. The van der Waals surface area contributed by atoms with Gasteiger partial charge in [0.15, 0.2) is 18.7 Å². The van der Waals surface area contributed by atoms with Crippen LogP contribution in [0, 0.1) is 5.92 Å². The minimum Gasteiger partial charge on any atom is -0.483 e. The van der Waals surface area contributed by atoms with Crippen molar-refractivity contribution in [2.75, 3.05) is 60.8 Å². The second kappa shape index (κ2) is 14.7. The molecule has 2 fully saturated rings. The van der Waals surface area contributed by atoms with Gasteiger partial charge in [-0.05, 0) is 73.6 Å². The molecule has 2 aromatic carbocycles. The first-order valence-electron chi connectivity index (χ1n) is 16.1. The minimum absolute atomic E-state index is 0.139. The quantitative estimate of drug-likeness (QED) is 0.187. The lowest BCUT2D eigenvalue weighted by Gasteiger charge is -2.33. The molecule has 254 valence electrons. The van der Waals surface area contributed by atoms with E-state index in [9.17, 15) is 19.8 Å². The molecule has 0 bridgehead atoms. The number of benzene rings is 2. The number of amides is 2. The molecule has 48 heavy (non-hydrogen) atoms. The van der Waals surface area contributed by atoms with Crippen molar-refractivity contribution >= 4 is 58.3 Å². The molecule has 0 aliphatic carbocycles. The summed E-state index contributed by atoms with van der Waals surface area (Å²) < 4.78 is 5.59. The van der Waals surface area contributed by atoms with Crippen LogP contribution < -0.4 is 31.1 Å². The monoisotopic (exact) mass is 676 g/mol. The van der Waals surface area contributed by atoms with Gasteiger partial charge >= 0.3 is 0 Å². The van der Waals surface area contributed by atoms with Gasteiger partial charge in [0.05, 0.1) is 12.1 Å². The molecule has 3 aliphatic heterocycles. The van der Waals surface area contributed by atoms with E-state index >= 15 is 0 Å². The van der Waals surface area contributed by atoms with Gasteiger partial charge in [0, 0.05) is 56.4 Å². The van der Waals surface area contributed by atoms with E-state index in [-0.39, 0.29) is 30.1 Å². The highest BCUT2D eigenvalue weighted by atomic mass is 35.5. The molecule has 1 aromatic heterocycles. The van der Waals surface area contributed by atoms with Gasteiger partial charge in [-0.2, -0.15) is 4.98 Å². The number of aliphatic hydroxyl groups excluding tert-OH is 2. The molecule has 0 spiro atoms. The number of aromatic nitrogens is 2. The van der Waals surface area contributed by atoms with Crippen molar-refractivity contribution in [3.8, 4) is 0 Å². The van der Waals surface area contributed by atoms with E-state index in [1.54, 1.807) is 24.2 Å². The van der Waals surface area contributed by atoms with Crippen LogP contribution in [-0.4, -0.2) is 84.8 Å². The molecule has 6 N–H and O–H groups in total. The Morgan fingerprint density at radius 1 is 1.15 bits per heavy atom. The van der Waals surface area contributed by atoms with Crippen molar-refractivity contribution in [1.29, 1.82) is 0 Å². The van der Waals surface area contributed by atoms with Gasteiger partial charge in [0.25, 0.3) is 5.91 Å². The molecule has 3 unspecified atom stereocenters. The Balaban J connectivity index is 1.10. The van der Waals surface area contributed by atoms with Gasteiger partial charge < -0.3 is 46.0 Å². The molecule has 3 aliphatic rings. The van der Waals surface area contributed by atoms with E-state index in [4.69, 9.17) is 21.3 Å². The number of likely N-dealkylation sites (N-methyl/N-ethyl adjacent to an activating group) is 2. The lowest BCUT2D eigenvalue weighted by Crippen LogP contribution is -2.42. The molecule has 0 radical (unpaired) electrons. The van der Waals surface area contributed by atoms with Crippen molar-refractivity contribution < 1.29 is 24.5 Å². The predicted octanol–water partition coefficient (Wildman–Crippen LogP) is 3.39. The van der Waals surface area contributed by atoms with Gasteiger partial charge in [0.1, 0.15) is 17.0 Å². The third-order valence-electron chi connectivity index (χ3n) is 9.01. The van der Waals surface area contributed by atoms with Crippen molar-refractivity contribution in [2.24, 2.45) is 5.92 Å². The van der Waals surface area contributed by atoms with E-state index in [2.05, 4.69) is 31.2 Å². The fraction of sp³-hybridized carbons (Fsp3) is 0.412. The van der Waals surface area contributed by atoms with Gasteiger partial charge in [-0.1, -0.05) is 23.7 Å². The van der Waals surface area contributed by atoms with Crippen LogP contribution in [0.4, 0.5) is 28.8 Å². The molecule has 13 nitrogen and oxygen atoms in total. The summed E-state index contributed by atoms with van der Waals surface area (Å²) in [6.45, 7) is 2.16. The minimum atomic E-state index is -1.02. The Labute approximate surface area is 284 Å². The lowest BCUT2D eigenvalue weighted by atomic mass is 9.90. The number of hydrogen-bond donors (Lipinski definition) is 6. The summed E-state index contributed by atoms with van der Waals surface area (Å²) in [5.41, 5.74) is 4.23. The summed E-state index contributed by atoms with van der Waals surface area (Å²) in [5.74, 6) is 0.991. The highest BCUT2D eigenvalue weighted by Crippen LogP contribution is 2.35. The number of nitrogens with zero attached hydrogens (tertiary/aromatic N) is 4. The number of carbonyl (C=O) groups is 2. The lowest BCUT2D eigenvalue weighted by molar-refractivity contribution is -0.128. The normalized spacial score (nSPS) is 22.3. The molecule has 3 aromatic rings. The van der Waals surface area contributed by atoms with Crippen LogP contribution in [0.3, 0.4) is 0 Å². The van der Waals surface area contributed by atoms with Crippen LogP contribution in [-0.2, 0) is 14.3 Å². The summed E-state index contributed by atoms with van der Waals surface area (Å²) in [5, 5.41) is 32.8. The first kappa shape index (κ1) is 33.3. The first-order valence-corrected chi connectivity index (χ1v) is 16.5. The Morgan fingerprint density at radius 3 is 2.81 bits per heavy atom. The Morgan fingerprint density at radius 2 is 2.00 bits per heavy atom. The molecular weight excluding hydrogens is 636 g/mol. The van der Waals surface area contributed by atoms with Crippen molar-refractivity contribution in [1.82, 2.24) is 20.6 Å². The number of nitrogens with one attached hydrogen (secondary N) is 4. The Bertz CT molecular complexity index is 1690. The number of ether oxygens (including phenoxy) is 1. The van der Waals surface area contributed by atoms with Crippen LogP contribution in [0.5, 0.6) is 0 Å². The zero-order valence-corrected chi connectivity index (χ0v) is 27.7. The summed E-state index contributed by atoms with van der Waals surface area (Å²) in [4.78, 5) is 37.3. The molecule has 2 amide bonds. The van der Waals surface area contributed by atoms with Gasteiger partial charge in [-0.25, -0.2) is 4.98 Å². The summed E-state index contributed by atoms with van der Waals surface area (Å²) in [6.07, 6.45) is 4.75. The number of fused-ring (bicyclic) bond motifs is 1. The largest absolute Gasteiger partial charge is 0.483 e. The summed E-state index contributed by atoms with van der Waals surface area (Å²) >= 11 is 6.55. The van der Waals surface area contributed by atoms with E-state index in [1.165, 1.54) is 7.05 Å². The van der Waals surface area contributed by atoms with Crippen LogP contribution in [0.2, 0.25) is 5.02 Å². The number of piperidine rings is 2. The molecule has 14 heteroatoms. The average molecular weight is 677 g/mol. The molecule has 4 heterocycles. The second-order valence-corrected chi connectivity index (χ2v) is 12.8.